The molecular formula is C22H22N4O2. The molecule has 0 unspecified atom stereocenters. The van der Waals surface area contributed by atoms with Gasteiger partial charge in [0.25, 0.3) is 0 Å². The highest BCUT2D eigenvalue weighted by atomic mass is 16.6. The molecule has 1 aromatic carbocycles. The molecule has 0 radical (unpaired) electrons. The molecule has 2 aliphatic heterocycles. The highest BCUT2D eigenvalue weighted by Crippen LogP contribution is 2.42. The zero-order valence-electron chi connectivity index (χ0n) is 15.5. The number of nitrogens with one attached hydrogen (secondary N) is 1. The van der Waals surface area contributed by atoms with Crippen molar-refractivity contribution < 1.29 is 9.53 Å². The Hall–Kier alpha value is -3.28. The second-order valence-corrected chi connectivity index (χ2v) is 7.37. The minimum absolute atomic E-state index is 0.207. The van der Waals surface area contributed by atoms with Gasteiger partial charge in [-0.2, -0.15) is 0 Å². The van der Waals surface area contributed by atoms with Crippen molar-refractivity contribution in [1.29, 1.82) is 0 Å². The third kappa shape index (κ3) is 2.81. The van der Waals surface area contributed by atoms with Gasteiger partial charge in [0.15, 0.2) is 5.82 Å². The van der Waals surface area contributed by atoms with Gasteiger partial charge in [0.05, 0.1) is 11.2 Å². The van der Waals surface area contributed by atoms with Crippen LogP contribution >= 0.6 is 0 Å². The van der Waals surface area contributed by atoms with Crippen molar-refractivity contribution in [2.45, 2.75) is 25.0 Å². The number of benzene rings is 1. The van der Waals surface area contributed by atoms with Gasteiger partial charge in [0, 0.05) is 31.2 Å². The van der Waals surface area contributed by atoms with E-state index in [2.05, 4.69) is 39.3 Å². The molecule has 0 aliphatic carbocycles. The van der Waals surface area contributed by atoms with Crippen molar-refractivity contribution in [2.75, 3.05) is 18.4 Å². The average Bonchev–Trinajstić information content (AvgIpc) is 3.25. The number of rotatable bonds is 2. The van der Waals surface area contributed by atoms with E-state index in [-0.39, 0.29) is 11.6 Å². The Morgan fingerprint density at radius 2 is 1.89 bits per heavy atom. The number of ether oxygens (including phenoxy) is 1. The standard InChI is InChI=1S/C22H22N4O2/c27-21(28-16-17-6-2-1-3-7-17)25-14-10-22(11-15-25)19-9-5-13-26(19)18-8-4-12-23-20(18)24-22/h1-9,12-13H,10-11,14-16H2,(H,23,24). The van der Waals surface area contributed by atoms with E-state index in [4.69, 9.17) is 4.74 Å². The number of amides is 1. The number of anilines is 1. The van der Waals surface area contributed by atoms with Crippen molar-refractivity contribution in [3.8, 4) is 5.69 Å². The van der Waals surface area contributed by atoms with Gasteiger partial charge in [-0.1, -0.05) is 30.3 Å². The van der Waals surface area contributed by atoms with Gasteiger partial charge in [0.1, 0.15) is 6.61 Å². The van der Waals surface area contributed by atoms with Gasteiger partial charge in [-0.05, 0) is 42.7 Å². The summed E-state index contributed by atoms with van der Waals surface area (Å²) in [7, 11) is 0. The number of piperidine rings is 1. The fourth-order valence-corrected chi connectivity index (χ4v) is 4.22. The first-order valence-corrected chi connectivity index (χ1v) is 9.62. The summed E-state index contributed by atoms with van der Waals surface area (Å²) in [5.41, 5.74) is 3.09. The molecule has 1 saturated heterocycles. The summed E-state index contributed by atoms with van der Waals surface area (Å²) in [6.07, 6.45) is 5.27. The summed E-state index contributed by atoms with van der Waals surface area (Å²) in [6, 6.07) is 18.0. The maximum Gasteiger partial charge on any atom is 0.410 e. The minimum Gasteiger partial charge on any atom is -0.445 e. The van der Waals surface area contributed by atoms with E-state index in [0.29, 0.717) is 19.7 Å². The van der Waals surface area contributed by atoms with Crippen LogP contribution in [0, 0.1) is 0 Å². The summed E-state index contributed by atoms with van der Waals surface area (Å²) in [4.78, 5) is 18.8. The quantitative estimate of drug-likeness (QED) is 0.738. The molecule has 1 amide bonds. The van der Waals surface area contributed by atoms with Crippen LogP contribution in [0.3, 0.4) is 0 Å². The molecule has 2 aromatic heterocycles. The van der Waals surface area contributed by atoms with Crippen LogP contribution in [-0.4, -0.2) is 33.6 Å². The lowest BCUT2D eigenvalue weighted by Crippen LogP contribution is -2.51. The number of hydrogen-bond acceptors (Lipinski definition) is 4. The third-order valence-electron chi connectivity index (χ3n) is 5.72. The van der Waals surface area contributed by atoms with Crippen molar-refractivity contribution in [1.82, 2.24) is 14.5 Å². The topological polar surface area (TPSA) is 59.4 Å². The van der Waals surface area contributed by atoms with E-state index >= 15 is 0 Å². The van der Waals surface area contributed by atoms with Crippen LogP contribution in [0.25, 0.3) is 5.69 Å². The Bertz CT molecular complexity index is 991. The van der Waals surface area contributed by atoms with Crippen LogP contribution in [0.2, 0.25) is 0 Å². The summed E-state index contributed by atoms with van der Waals surface area (Å²) >= 11 is 0. The van der Waals surface area contributed by atoms with E-state index in [1.54, 1.807) is 4.90 Å². The Morgan fingerprint density at radius 1 is 1.07 bits per heavy atom. The lowest BCUT2D eigenvalue weighted by atomic mass is 9.83. The second-order valence-electron chi connectivity index (χ2n) is 7.37. The van der Waals surface area contributed by atoms with E-state index in [1.165, 1.54) is 5.69 Å². The lowest BCUT2D eigenvalue weighted by Gasteiger charge is -2.45. The Labute approximate surface area is 163 Å². The van der Waals surface area contributed by atoms with E-state index < -0.39 is 0 Å². The van der Waals surface area contributed by atoms with E-state index in [9.17, 15) is 4.79 Å². The van der Waals surface area contributed by atoms with E-state index in [1.807, 2.05) is 42.6 Å². The summed E-state index contributed by atoms with van der Waals surface area (Å²) in [6.45, 7) is 1.60. The normalized spacial score (nSPS) is 16.8. The smallest absolute Gasteiger partial charge is 0.410 e. The zero-order chi connectivity index (χ0) is 19.0. The van der Waals surface area contributed by atoms with Gasteiger partial charge < -0.3 is 19.5 Å². The number of carbonyl (C=O) groups excluding carboxylic acids is 1. The molecule has 1 fully saturated rings. The largest absolute Gasteiger partial charge is 0.445 e. The van der Waals surface area contributed by atoms with Crippen LogP contribution < -0.4 is 5.32 Å². The second kappa shape index (κ2) is 6.71. The summed E-state index contributed by atoms with van der Waals surface area (Å²) in [5, 5.41) is 3.66. The monoisotopic (exact) mass is 374 g/mol. The molecule has 28 heavy (non-hydrogen) atoms. The van der Waals surface area contributed by atoms with Gasteiger partial charge in [0.2, 0.25) is 0 Å². The van der Waals surface area contributed by atoms with Crippen molar-refractivity contribution >= 4 is 11.9 Å². The molecule has 2 aliphatic rings. The maximum absolute atomic E-state index is 12.5. The van der Waals surface area contributed by atoms with E-state index in [0.717, 1.165) is 29.9 Å². The Morgan fingerprint density at radius 3 is 2.71 bits per heavy atom. The van der Waals surface area contributed by atoms with Crippen LogP contribution in [-0.2, 0) is 16.9 Å². The summed E-state index contributed by atoms with van der Waals surface area (Å²) in [5.74, 6) is 0.895. The number of fused-ring (bicyclic) bond motifs is 4. The number of aromatic nitrogens is 2. The van der Waals surface area contributed by atoms with Crippen LogP contribution in [0.1, 0.15) is 24.1 Å². The van der Waals surface area contributed by atoms with Gasteiger partial charge in [-0.25, -0.2) is 9.78 Å². The van der Waals surface area contributed by atoms with Gasteiger partial charge >= 0.3 is 6.09 Å². The van der Waals surface area contributed by atoms with Gasteiger partial charge in [-0.3, -0.25) is 0 Å². The minimum atomic E-state index is -0.247. The van der Waals surface area contributed by atoms with Crippen LogP contribution in [0.4, 0.5) is 10.6 Å². The highest BCUT2D eigenvalue weighted by molar-refractivity contribution is 5.68. The first kappa shape index (κ1) is 16.9. The zero-order valence-corrected chi connectivity index (χ0v) is 15.5. The SMILES string of the molecule is O=C(OCc1ccccc1)N1CCC2(CC1)Nc1ncccc1-n1cccc12. The predicted molar refractivity (Wildman–Crippen MR) is 106 cm³/mol. The van der Waals surface area contributed by atoms with Crippen molar-refractivity contribution in [2.24, 2.45) is 0 Å². The van der Waals surface area contributed by atoms with Gasteiger partial charge in [-0.15, -0.1) is 0 Å². The molecule has 0 atom stereocenters. The molecule has 3 aromatic rings. The van der Waals surface area contributed by atoms with Crippen LogP contribution in [0.15, 0.2) is 67.0 Å². The molecule has 5 rings (SSSR count). The first-order chi connectivity index (χ1) is 13.8. The number of hydrogen-bond donors (Lipinski definition) is 1. The Kier molecular flexibility index (Phi) is 4.04. The first-order valence-electron chi connectivity index (χ1n) is 9.62. The molecule has 1 N–H and O–H groups in total. The van der Waals surface area contributed by atoms with Crippen LogP contribution in [0.5, 0.6) is 0 Å². The molecule has 0 bridgehead atoms. The molecule has 6 nitrogen and oxygen atoms in total. The lowest BCUT2D eigenvalue weighted by molar-refractivity contribution is 0.0793. The number of nitrogens with zero attached hydrogens (tertiary/aromatic N) is 3. The number of likely N-dealkylation sites (tertiary alicyclic amines) is 1. The maximum atomic E-state index is 12.5. The molecule has 142 valence electrons. The average molecular weight is 374 g/mol. The Balaban J connectivity index is 1.29. The van der Waals surface area contributed by atoms with Crippen molar-refractivity contribution in [3.63, 3.8) is 0 Å². The third-order valence-corrected chi connectivity index (χ3v) is 5.72. The molecular weight excluding hydrogens is 352 g/mol. The predicted octanol–water partition coefficient (Wildman–Crippen LogP) is 3.93. The molecule has 0 saturated carbocycles. The molecule has 6 heteroatoms. The molecule has 4 heterocycles. The summed E-state index contributed by atoms with van der Waals surface area (Å²) < 4.78 is 7.71. The fourth-order valence-electron chi connectivity index (χ4n) is 4.22. The fraction of sp³-hybridized carbons (Fsp3) is 0.273. The number of carbonyl (C=O) groups is 1. The molecule has 1 spiro atoms. The highest BCUT2D eigenvalue weighted by Gasteiger charge is 2.42. The van der Waals surface area contributed by atoms with Crippen molar-refractivity contribution in [3.05, 3.63) is 78.2 Å². The number of pyridine rings is 1.